The molecule has 0 aliphatic carbocycles. The van der Waals surface area contributed by atoms with Crippen LogP contribution in [0.4, 0.5) is 0 Å². The molecule has 2 aliphatic heterocycles. The largest absolute Gasteiger partial charge is 0.497 e. The van der Waals surface area contributed by atoms with Crippen LogP contribution in [0.1, 0.15) is 67.4 Å². The maximum absolute atomic E-state index is 7.31. The van der Waals surface area contributed by atoms with E-state index < -0.39 is 17.1 Å². The molecule has 2 heterocycles. The van der Waals surface area contributed by atoms with E-state index in [4.69, 9.17) is 17.7 Å². The molecule has 3 rings (SSSR count). The molecule has 0 spiro atoms. The smallest absolute Gasteiger partial charge is 0.334 e. The molecule has 1 aromatic rings. The SMILES string of the molecule is COc1ccc(CSC2CC3O[Si](C(C)C)(C(C)C)O[Si](C(C)C)(C(C)C)OCC3S2)cc1. The lowest BCUT2D eigenvalue weighted by Gasteiger charge is -2.51. The van der Waals surface area contributed by atoms with Gasteiger partial charge in [0, 0.05) is 5.75 Å². The van der Waals surface area contributed by atoms with Crippen LogP contribution in [0.5, 0.6) is 5.75 Å². The fourth-order valence-corrected chi connectivity index (χ4v) is 19.6. The molecule has 8 heteroatoms. The summed E-state index contributed by atoms with van der Waals surface area (Å²) in [7, 11) is -3.22. The van der Waals surface area contributed by atoms with Crippen molar-refractivity contribution in [2.24, 2.45) is 0 Å². The van der Waals surface area contributed by atoms with Crippen molar-refractivity contribution in [1.82, 2.24) is 0 Å². The third-order valence-corrected chi connectivity index (χ3v) is 20.5. The van der Waals surface area contributed by atoms with Crippen molar-refractivity contribution < 1.29 is 17.7 Å². The van der Waals surface area contributed by atoms with Gasteiger partial charge in [-0.1, -0.05) is 67.5 Å². The van der Waals surface area contributed by atoms with Gasteiger partial charge < -0.3 is 17.7 Å². The molecular weight excluding hydrogens is 485 g/mol. The average Bonchev–Trinajstić information content (AvgIpc) is 3.12. The second-order valence-electron chi connectivity index (χ2n) is 10.6. The highest BCUT2D eigenvalue weighted by molar-refractivity contribution is 8.17. The Bertz CT molecular complexity index is 741. The van der Waals surface area contributed by atoms with Crippen LogP contribution in [0.15, 0.2) is 24.3 Å². The third-order valence-electron chi connectivity index (χ3n) is 7.11. The summed E-state index contributed by atoms with van der Waals surface area (Å²) < 4.78 is 27.3. The van der Waals surface area contributed by atoms with Crippen molar-refractivity contribution in [3.8, 4) is 5.75 Å². The van der Waals surface area contributed by atoms with E-state index in [2.05, 4.69) is 79.3 Å². The number of methoxy groups -OCH3 is 1. The van der Waals surface area contributed by atoms with Gasteiger partial charge in [-0.25, -0.2) is 0 Å². The van der Waals surface area contributed by atoms with Crippen LogP contribution in [0.2, 0.25) is 22.2 Å². The summed E-state index contributed by atoms with van der Waals surface area (Å²) >= 11 is 4.10. The molecule has 0 N–H and O–H groups in total. The van der Waals surface area contributed by atoms with E-state index in [-0.39, 0.29) is 6.10 Å². The maximum Gasteiger partial charge on any atom is 0.334 e. The Hall–Kier alpha value is 0.0338. The zero-order chi connectivity index (χ0) is 24.4. The fraction of sp³-hybridized carbons (Fsp3) is 0.760. The van der Waals surface area contributed by atoms with Gasteiger partial charge in [0.2, 0.25) is 0 Å². The van der Waals surface area contributed by atoms with Gasteiger partial charge in [-0.3, -0.25) is 0 Å². The Balaban J connectivity index is 1.80. The topological polar surface area (TPSA) is 36.9 Å². The normalized spacial score (nSPS) is 27.1. The van der Waals surface area contributed by atoms with Crippen LogP contribution in [0.25, 0.3) is 0 Å². The van der Waals surface area contributed by atoms with Gasteiger partial charge in [-0.15, -0.1) is 23.5 Å². The van der Waals surface area contributed by atoms with E-state index in [0.29, 0.717) is 32.0 Å². The van der Waals surface area contributed by atoms with Crippen LogP contribution in [0.3, 0.4) is 0 Å². The third kappa shape index (κ3) is 5.89. The number of ether oxygens (including phenoxy) is 1. The molecule has 0 amide bonds. The molecule has 0 radical (unpaired) electrons. The molecule has 0 aromatic heterocycles. The second kappa shape index (κ2) is 11.4. The van der Waals surface area contributed by atoms with Gasteiger partial charge in [0.05, 0.1) is 29.7 Å². The lowest BCUT2D eigenvalue weighted by Crippen LogP contribution is -2.64. The monoisotopic (exact) mass is 528 g/mol. The number of benzene rings is 1. The van der Waals surface area contributed by atoms with Crippen LogP contribution >= 0.6 is 23.5 Å². The quantitative estimate of drug-likeness (QED) is 0.322. The molecular formula is C25H44O4S2Si2. The van der Waals surface area contributed by atoms with Crippen LogP contribution in [-0.2, 0) is 18.7 Å². The van der Waals surface area contributed by atoms with Crippen LogP contribution < -0.4 is 4.74 Å². The molecule has 33 heavy (non-hydrogen) atoms. The van der Waals surface area contributed by atoms with E-state index in [1.807, 2.05) is 23.9 Å². The summed E-state index contributed by atoms with van der Waals surface area (Å²) in [6, 6.07) is 8.44. The molecule has 3 atom stereocenters. The number of hydrogen-bond acceptors (Lipinski definition) is 6. The van der Waals surface area contributed by atoms with Crippen molar-refractivity contribution in [2.45, 2.75) is 106 Å². The highest BCUT2D eigenvalue weighted by atomic mass is 32.2. The molecule has 1 aromatic carbocycles. The minimum Gasteiger partial charge on any atom is -0.497 e. The molecule has 188 valence electrons. The molecule has 3 unspecified atom stereocenters. The first-order valence-electron chi connectivity index (χ1n) is 12.5. The minimum absolute atomic E-state index is 0.214. The van der Waals surface area contributed by atoms with Crippen molar-refractivity contribution in [1.29, 1.82) is 0 Å². The first kappa shape index (κ1) is 27.6. The predicted molar refractivity (Wildman–Crippen MR) is 148 cm³/mol. The first-order chi connectivity index (χ1) is 15.5. The van der Waals surface area contributed by atoms with Gasteiger partial charge in [-0.05, 0) is 46.3 Å². The standard InChI is InChI=1S/C25H44O4S2Si2/c1-17(2)32(18(3)4)27-15-24-23(28-33(29-32,19(5)6)20(7)8)14-25(31-24)30-16-21-10-12-22(26-9)13-11-21/h10-13,17-20,23-25H,14-16H2,1-9H3. The number of rotatable bonds is 8. The highest BCUT2D eigenvalue weighted by Crippen LogP contribution is 2.51. The van der Waals surface area contributed by atoms with Crippen molar-refractivity contribution in [2.75, 3.05) is 13.7 Å². The predicted octanol–water partition coefficient (Wildman–Crippen LogP) is 7.72. The van der Waals surface area contributed by atoms with E-state index in [1.165, 1.54) is 5.56 Å². The highest BCUT2D eigenvalue weighted by Gasteiger charge is 2.59. The molecule has 0 saturated carbocycles. The minimum atomic E-state index is -2.49. The van der Waals surface area contributed by atoms with Crippen molar-refractivity contribution in [3.63, 3.8) is 0 Å². The Morgan fingerprint density at radius 1 is 0.939 bits per heavy atom. The zero-order valence-electron chi connectivity index (χ0n) is 21.9. The van der Waals surface area contributed by atoms with Crippen molar-refractivity contribution >= 4 is 40.6 Å². The molecule has 4 nitrogen and oxygen atoms in total. The first-order valence-corrected chi connectivity index (χ1v) is 18.4. The van der Waals surface area contributed by atoms with Gasteiger partial charge in [0.1, 0.15) is 5.75 Å². The number of thioether (sulfide) groups is 2. The van der Waals surface area contributed by atoms with Gasteiger partial charge >= 0.3 is 17.1 Å². The van der Waals surface area contributed by atoms with Gasteiger partial charge in [0.25, 0.3) is 0 Å². The summed E-state index contributed by atoms with van der Waals surface area (Å²) in [4.78, 5) is 0. The van der Waals surface area contributed by atoms with Crippen molar-refractivity contribution in [3.05, 3.63) is 29.8 Å². The molecule has 2 fully saturated rings. The number of fused-ring (bicyclic) bond motifs is 1. The summed E-state index contributed by atoms with van der Waals surface area (Å²) in [6.07, 6.45) is 1.28. The Morgan fingerprint density at radius 3 is 2.03 bits per heavy atom. The Morgan fingerprint density at radius 2 is 1.52 bits per heavy atom. The van der Waals surface area contributed by atoms with E-state index in [9.17, 15) is 0 Å². The second-order valence-corrected chi connectivity index (χ2v) is 22.4. The summed E-state index contributed by atoms with van der Waals surface area (Å²) in [5.74, 6) is 1.92. The maximum atomic E-state index is 7.31. The van der Waals surface area contributed by atoms with Gasteiger partial charge in [-0.2, -0.15) is 0 Å². The van der Waals surface area contributed by atoms with E-state index in [1.54, 1.807) is 7.11 Å². The molecule has 2 saturated heterocycles. The van der Waals surface area contributed by atoms with Crippen LogP contribution in [-0.4, -0.2) is 46.8 Å². The Labute approximate surface area is 212 Å². The van der Waals surface area contributed by atoms with Crippen LogP contribution in [0, 0.1) is 0 Å². The van der Waals surface area contributed by atoms with E-state index >= 15 is 0 Å². The molecule has 0 bridgehead atoms. The Kier molecular flexibility index (Phi) is 9.54. The average molecular weight is 529 g/mol. The van der Waals surface area contributed by atoms with E-state index in [0.717, 1.165) is 24.5 Å². The lowest BCUT2D eigenvalue weighted by atomic mass is 10.2. The summed E-state index contributed by atoms with van der Waals surface area (Å²) in [6.45, 7) is 19.1. The van der Waals surface area contributed by atoms with Gasteiger partial charge in [0.15, 0.2) is 0 Å². The lowest BCUT2D eigenvalue weighted by molar-refractivity contribution is 0.0739. The summed E-state index contributed by atoms with van der Waals surface area (Å²) in [5.41, 5.74) is 2.91. The zero-order valence-corrected chi connectivity index (χ0v) is 25.6. The summed E-state index contributed by atoms with van der Waals surface area (Å²) in [5, 5.41) is 0.385. The fourth-order valence-electron chi connectivity index (χ4n) is 5.13. The molecule has 2 aliphatic rings. The number of hydrogen-bond donors (Lipinski definition) is 0.